The van der Waals surface area contributed by atoms with Gasteiger partial charge in [-0.15, -0.1) is 0 Å². The minimum atomic E-state index is -0.980. The quantitative estimate of drug-likeness (QED) is 0.760. The fourth-order valence-corrected chi connectivity index (χ4v) is 3.54. The summed E-state index contributed by atoms with van der Waals surface area (Å²) < 4.78 is 0. The van der Waals surface area contributed by atoms with Crippen molar-refractivity contribution in [2.75, 3.05) is 0 Å². The largest absolute Gasteiger partial charge is 0.295 e. The van der Waals surface area contributed by atoms with E-state index in [-0.39, 0.29) is 18.2 Å². The molecule has 0 radical (unpaired) electrons. The van der Waals surface area contributed by atoms with Gasteiger partial charge in [-0.2, -0.15) is 0 Å². The van der Waals surface area contributed by atoms with Gasteiger partial charge in [0.15, 0.2) is 0 Å². The number of aryl methyl sites for hydroxylation is 1. The highest BCUT2D eigenvalue weighted by Gasteiger charge is 2.55. The van der Waals surface area contributed by atoms with Crippen LogP contribution in [-0.2, 0) is 15.0 Å². The number of nitrogens with one attached hydrogen (secondary N) is 1. The Morgan fingerprint density at radius 2 is 2.05 bits per heavy atom. The van der Waals surface area contributed by atoms with E-state index < -0.39 is 5.41 Å². The highest BCUT2D eigenvalue weighted by Crippen LogP contribution is 2.52. The number of halogens is 1. The third-order valence-electron chi connectivity index (χ3n) is 4.25. The Bertz CT molecular complexity index is 778. The number of rotatable bonds is 0. The highest BCUT2D eigenvalue weighted by molar-refractivity contribution is 6.31. The maximum absolute atomic E-state index is 12.6. The van der Waals surface area contributed by atoms with Gasteiger partial charge in [-0.05, 0) is 35.7 Å². The lowest BCUT2D eigenvalue weighted by atomic mass is 9.77. The minimum absolute atomic E-state index is 0.108. The zero-order chi connectivity index (χ0) is 14.8. The van der Waals surface area contributed by atoms with Gasteiger partial charge in [-0.1, -0.05) is 23.7 Å². The Morgan fingerprint density at radius 1 is 1.24 bits per heavy atom. The monoisotopic (exact) mass is 298 g/mol. The molecule has 1 fully saturated rings. The molecule has 21 heavy (non-hydrogen) atoms. The summed E-state index contributed by atoms with van der Waals surface area (Å²) in [7, 11) is 0. The molecule has 0 saturated carbocycles. The van der Waals surface area contributed by atoms with Crippen molar-refractivity contribution in [3.63, 3.8) is 0 Å². The van der Waals surface area contributed by atoms with E-state index in [4.69, 9.17) is 11.6 Å². The molecule has 1 aliphatic carbocycles. The van der Waals surface area contributed by atoms with Crippen LogP contribution >= 0.6 is 11.6 Å². The summed E-state index contributed by atoms with van der Waals surface area (Å²) >= 11 is 6.11. The van der Waals surface area contributed by atoms with Gasteiger partial charge in [0.05, 0.1) is 5.69 Å². The van der Waals surface area contributed by atoms with Gasteiger partial charge in [-0.25, -0.2) is 0 Å². The minimum Gasteiger partial charge on any atom is -0.295 e. The fourth-order valence-electron chi connectivity index (χ4n) is 3.36. The molecule has 2 aromatic rings. The summed E-state index contributed by atoms with van der Waals surface area (Å²) in [6.07, 6.45) is 1.88. The van der Waals surface area contributed by atoms with Crippen LogP contribution in [0.1, 0.15) is 23.1 Å². The zero-order valence-corrected chi connectivity index (χ0v) is 12.0. The van der Waals surface area contributed by atoms with Crippen LogP contribution in [0.2, 0.25) is 5.02 Å². The number of amides is 2. The average Bonchev–Trinajstić information content (AvgIpc) is 2.87. The van der Waals surface area contributed by atoms with E-state index in [9.17, 15) is 9.59 Å². The highest BCUT2D eigenvalue weighted by atomic mass is 35.5. The number of fused-ring (bicyclic) bond motifs is 5. The summed E-state index contributed by atoms with van der Waals surface area (Å²) in [4.78, 5) is 28.8. The molecule has 1 unspecified atom stereocenters. The molecule has 1 spiro atoms. The standard InChI is InChI=1S/C16H11ClN2O2/c1-8-4-12-14(18-7-8)10-3-2-9(17)5-11(10)16(12)6-13(20)19-15(16)21/h2-5,7H,6H2,1H3,(H,19,20,21). The van der Waals surface area contributed by atoms with Gasteiger partial charge in [0.25, 0.3) is 0 Å². The molecule has 0 bridgehead atoms. The Balaban J connectivity index is 2.12. The first-order chi connectivity index (χ1) is 10.0. The summed E-state index contributed by atoms with van der Waals surface area (Å²) in [6.45, 7) is 1.92. The first kappa shape index (κ1) is 12.5. The molecule has 1 aliphatic heterocycles. The van der Waals surface area contributed by atoms with E-state index in [0.29, 0.717) is 5.02 Å². The van der Waals surface area contributed by atoms with Crippen LogP contribution in [0.4, 0.5) is 0 Å². The fraction of sp³-hybridized carbons (Fsp3) is 0.188. The Morgan fingerprint density at radius 3 is 2.76 bits per heavy atom. The summed E-state index contributed by atoms with van der Waals surface area (Å²) in [5.41, 5.74) is 3.18. The topological polar surface area (TPSA) is 59.1 Å². The van der Waals surface area contributed by atoms with Crippen molar-refractivity contribution in [1.29, 1.82) is 0 Å². The van der Waals surface area contributed by atoms with Gasteiger partial charge in [-0.3, -0.25) is 19.9 Å². The predicted molar refractivity (Wildman–Crippen MR) is 78.0 cm³/mol. The Kier molecular flexibility index (Phi) is 2.34. The predicted octanol–water partition coefficient (Wildman–Crippen LogP) is 2.36. The van der Waals surface area contributed by atoms with Crippen molar-refractivity contribution in [3.05, 3.63) is 52.2 Å². The van der Waals surface area contributed by atoms with E-state index in [1.807, 2.05) is 19.1 Å². The van der Waals surface area contributed by atoms with Crippen molar-refractivity contribution in [2.24, 2.45) is 0 Å². The first-order valence-electron chi connectivity index (χ1n) is 6.64. The molecule has 104 valence electrons. The van der Waals surface area contributed by atoms with Crippen LogP contribution in [0.25, 0.3) is 11.3 Å². The molecule has 1 aromatic carbocycles. The SMILES string of the molecule is Cc1cnc2c(c1)C1(CC(=O)NC1=O)c1cc(Cl)ccc1-2. The molecule has 4 nitrogen and oxygen atoms in total. The second kappa shape index (κ2) is 3.92. The summed E-state index contributed by atoms with van der Waals surface area (Å²) in [6, 6.07) is 7.35. The van der Waals surface area contributed by atoms with Crippen LogP contribution < -0.4 is 5.32 Å². The van der Waals surface area contributed by atoms with Crippen molar-refractivity contribution >= 4 is 23.4 Å². The zero-order valence-electron chi connectivity index (χ0n) is 11.2. The van der Waals surface area contributed by atoms with Crippen LogP contribution in [0.3, 0.4) is 0 Å². The number of imide groups is 1. The van der Waals surface area contributed by atoms with Gasteiger partial charge in [0, 0.05) is 23.2 Å². The number of carbonyl (C=O) groups is 2. The number of carbonyl (C=O) groups excluding carboxylic acids is 2. The van der Waals surface area contributed by atoms with Gasteiger partial charge in [0.1, 0.15) is 5.41 Å². The number of hydrogen-bond acceptors (Lipinski definition) is 3. The van der Waals surface area contributed by atoms with Crippen LogP contribution in [0.5, 0.6) is 0 Å². The molecule has 2 amide bonds. The number of benzene rings is 1. The third kappa shape index (κ3) is 1.48. The smallest absolute Gasteiger partial charge is 0.242 e. The van der Waals surface area contributed by atoms with Crippen molar-refractivity contribution < 1.29 is 9.59 Å². The van der Waals surface area contributed by atoms with Crippen molar-refractivity contribution in [3.8, 4) is 11.3 Å². The molecular weight excluding hydrogens is 288 g/mol. The van der Waals surface area contributed by atoms with Gasteiger partial charge < -0.3 is 0 Å². The maximum Gasteiger partial charge on any atom is 0.242 e. The molecule has 4 rings (SSSR count). The van der Waals surface area contributed by atoms with Crippen LogP contribution in [0, 0.1) is 6.92 Å². The molecule has 1 saturated heterocycles. The number of nitrogens with zero attached hydrogens (tertiary/aromatic N) is 1. The summed E-state index contributed by atoms with van der Waals surface area (Å²) in [5, 5.41) is 2.97. The lowest BCUT2D eigenvalue weighted by Crippen LogP contribution is -2.35. The second-order valence-corrected chi connectivity index (χ2v) is 5.99. The Labute approximate surface area is 126 Å². The molecule has 1 N–H and O–H groups in total. The number of hydrogen-bond donors (Lipinski definition) is 1. The van der Waals surface area contributed by atoms with Crippen molar-refractivity contribution in [1.82, 2.24) is 10.3 Å². The first-order valence-corrected chi connectivity index (χ1v) is 7.02. The normalized spacial score (nSPS) is 22.4. The van der Waals surface area contributed by atoms with Gasteiger partial charge in [0.2, 0.25) is 11.8 Å². The van der Waals surface area contributed by atoms with Crippen LogP contribution in [0.15, 0.2) is 30.5 Å². The van der Waals surface area contributed by atoms with E-state index in [0.717, 1.165) is 27.9 Å². The van der Waals surface area contributed by atoms with E-state index >= 15 is 0 Å². The average molecular weight is 299 g/mol. The van der Waals surface area contributed by atoms with E-state index in [2.05, 4.69) is 10.3 Å². The summed E-state index contributed by atoms with van der Waals surface area (Å²) in [5.74, 6) is -0.553. The molecular formula is C16H11ClN2O2. The molecule has 5 heteroatoms. The van der Waals surface area contributed by atoms with E-state index in [1.54, 1.807) is 18.3 Å². The second-order valence-electron chi connectivity index (χ2n) is 5.56. The van der Waals surface area contributed by atoms with Crippen molar-refractivity contribution in [2.45, 2.75) is 18.8 Å². The number of pyridine rings is 1. The maximum atomic E-state index is 12.6. The number of aromatic nitrogens is 1. The van der Waals surface area contributed by atoms with Gasteiger partial charge >= 0.3 is 0 Å². The lowest BCUT2D eigenvalue weighted by Gasteiger charge is -2.22. The van der Waals surface area contributed by atoms with E-state index in [1.165, 1.54) is 0 Å². The molecule has 1 aromatic heterocycles. The molecule has 2 aliphatic rings. The lowest BCUT2D eigenvalue weighted by molar-refractivity contribution is -0.125. The van der Waals surface area contributed by atoms with Crippen LogP contribution in [-0.4, -0.2) is 16.8 Å². The molecule has 1 atom stereocenters. The third-order valence-corrected chi connectivity index (χ3v) is 4.48. The Hall–Kier alpha value is -2.20. The molecule has 2 heterocycles.